The molecule has 0 radical (unpaired) electrons. The molecule has 128 valence electrons. The van der Waals surface area contributed by atoms with Crippen LogP contribution in [-0.2, 0) is 4.74 Å². The molecule has 2 fully saturated rings. The summed E-state index contributed by atoms with van der Waals surface area (Å²) in [5.74, 6) is 0.844. The molecule has 0 saturated carbocycles. The number of hydrogen-bond acceptors (Lipinski definition) is 3. The van der Waals surface area contributed by atoms with E-state index in [1.165, 1.54) is 32.5 Å². The van der Waals surface area contributed by atoms with Crippen LogP contribution in [-0.4, -0.2) is 55.9 Å². The maximum atomic E-state index is 11.8. The molecule has 5 heteroatoms. The van der Waals surface area contributed by atoms with Crippen molar-refractivity contribution in [3.05, 3.63) is 0 Å². The molecular weight excluding hydrogens is 278 g/mol. The Morgan fingerprint density at radius 3 is 2.91 bits per heavy atom. The van der Waals surface area contributed by atoms with Gasteiger partial charge in [0.1, 0.15) is 0 Å². The first-order valence-electron chi connectivity index (χ1n) is 9.03. The van der Waals surface area contributed by atoms with E-state index in [0.29, 0.717) is 0 Å². The second-order valence-corrected chi connectivity index (χ2v) is 7.00. The van der Waals surface area contributed by atoms with Gasteiger partial charge in [0.15, 0.2) is 0 Å². The van der Waals surface area contributed by atoms with Crippen molar-refractivity contribution >= 4 is 6.03 Å². The molecule has 0 aromatic heterocycles. The number of nitrogens with one attached hydrogen (secondary N) is 2. The average molecular weight is 311 g/mol. The zero-order chi connectivity index (χ0) is 15.8. The van der Waals surface area contributed by atoms with Gasteiger partial charge in [-0.05, 0) is 64.5 Å². The van der Waals surface area contributed by atoms with E-state index in [2.05, 4.69) is 22.5 Å². The van der Waals surface area contributed by atoms with Crippen molar-refractivity contribution in [2.24, 2.45) is 5.92 Å². The van der Waals surface area contributed by atoms with Crippen LogP contribution in [0.25, 0.3) is 0 Å². The molecule has 0 aromatic rings. The third-order valence-electron chi connectivity index (χ3n) is 4.81. The first-order valence-corrected chi connectivity index (χ1v) is 9.03. The highest BCUT2D eigenvalue weighted by Gasteiger charge is 2.23. The van der Waals surface area contributed by atoms with Crippen molar-refractivity contribution in [1.29, 1.82) is 0 Å². The summed E-state index contributed by atoms with van der Waals surface area (Å²) in [7, 11) is 0. The lowest BCUT2D eigenvalue weighted by molar-refractivity contribution is 0.0860. The van der Waals surface area contributed by atoms with E-state index < -0.39 is 0 Å². The number of hydrogen-bond donors (Lipinski definition) is 2. The topological polar surface area (TPSA) is 53.6 Å². The molecule has 2 aliphatic heterocycles. The quantitative estimate of drug-likeness (QED) is 0.710. The molecule has 22 heavy (non-hydrogen) atoms. The van der Waals surface area contributed by atoms with E-state index >= 15 is 0 Å². The predicted octanol–water partition coefficient (Wildman–Crippen LogP) is 2.37. The van der Waals surface area contributed by atoms with Crippen molar-refractivity contribution in [2.45, 2.75) is 64.5 Å². The van der Waals surface area contributed by atoms with Crippen molar-refractivity contribution in [3.63, 3.8) is 0 Å². The maximum Gasteiger partial charge on any atom is 0.315 e. The maximum absolute atomic E-state index is 11.8. The van der Waals surface area contributed by atoms with Gasteiger partial charge >= 0.3 is 6.03 Å². The lowest BCUT2D eigenvalue weighted by atomic mass is 10.0. The van der Waals surface area contributed by atoms with E-state index in [1.54, 1.807) is 0 Å². The first kappa shape index (κ1) is 17.5. The number of piperidine rings is 1. The molecule has 0 bridgehead atoms. The average Bonchev–Trinajstić information content (AvgIpc) is 3.01. The molecule has 2 N–H and O–H groups in total. The summed E-state index contributed by atoms with van der Waals surface area (Å²) in [6.07, 6.45) is 7.26. The molecule has 2 aliphatic rings. The molecule has 2 heterocycles. The summed E-state index contributed by atoms with van der Waals surface area (Å²) in [6.45, 7) is 9.60. The fraction of sp³-hybridized carbons (Fsp3) is 0.941. The zero-order valence-electron chi connectivity index (χ0n) is 14.3. The summed E-state index contributed by atoms with van der Waals surface area (Å²) in [5, 5.41) is 5.94. The summed E-state index contributed by atoms with van der Waals surface area (Å²) >= 11 is 0. The van der Waals surface area contributed by atoms with Crippen LogP contribution >= 0.6 is 0 Å². The van der Waals surface area contributed by atoms with Gasteiger partial charge in [0, 0.05) is 19.7 Å². The molecule has 3 atom stereocenters. The van der Waals surface area contributed by atoms with E-state index in [4.69, 9.17) is 4.74 Å². The molecule has 2 amide bonds. The van der Waals surface area contributed by atoms with Gasteiger partial charge in [0.2, 0.25) is 0 Å². The second kappa shape index (κ2) is 9.36. The predicted molar refractivity (Wildman–Crippen MR) is 89.0 cm³/mol. The van der Waals surface area contributed by atoms with Gasteiger partial charge in [-0.3, -0.25) is 0 Å². The summed E-state index contributed by atoms with van der Waals surface area (Å²) < 4.78 is 5.59. The van der Waals surface area contributed by atoms with Crippen LogP contribution in [0.15, 0.2) is 0 Å². The number of likely N-dealkylation sites (tertiary alicyclic amines) is 1. The third-order valence-corrected chi connectivity index (χ3v) is 4.81. The van der Waals surface area contributed by atoms with Crippen molar-refractivity contribution in [2.75, 3.05) is 32.8 Å². The minimum atomic E-state index is -0.0606. The summed E-state index contributed by atoms with van der Waals surface area (Å²) in [5.41, 5.74) is 0. The Kier molecular flexibility index (Phi) is 7.46. The minimum absolute atomic E-state index is 0.0606. The smallest absolute Gasteiger partial charge is 0.315 e. The Balaban J connectivity index is 1.48. The Morgan fingerprint density at radius 2 is 2.18 bits per heavy atom. The van der Waals surface area contributed by atoms with Gasteiger partial charge in [0.05, 0.1) is 12.1 Å². The number of amides is 2. The van der Waals surface area contributed by atoms with Crippen LogP contribution in [0.2, 0.25) is 0 Å². The largest absolute Gasteiger partial charge is 0.376 e. The number of ether oxygens (including phenoxy) is 1. The summed E-state index contributed by atoms with van der Waals surface area (Å²) in [4.78, 5) is 14.4. The fourth-order valence-electron chi connectivity index (χ4n) is 3.50. The minimum Gasteiger partial charge on any atom is -0.376 e. The molecule has 3 unspecified atom stereocenters. The molecule has 5 nitrogen and oxygen atoms in total. The standard InChI is InChI=1S/C17H33N3O2/c1-14-7-5-11-20(13-14)10-4-3-9-18-17(21)19-15(2)16-8-6-12-22-16/h14-16H,3-13H2,1-2H3,(H2,18,19,21). The van der Waals surface area contributed by atoms with E-state index in [9.17, 15) is 4.79 Å². The fourth-order valence-corrected chi connectivity index (χ4v) is 3.50. The van der Waals surface area contributed by atoms with Crippen LogP contribution in [0.5, 0.6) is 0 Å². The van der Waals surface area contributed by atoms with Gasteiger partial charge in [0.25, 0.3) is 0 Å². The molecule has 0 aromatic carbocycles. The number of nitrogens with zero attached hydrogens (tertiary/aromatic N) is 1. The molecule has 0 spiro atoms. The van der Waals surface area contributed by atoms with Crippen LogP contribution in [0, 0.1) is 5.92 Å². The number of urea groups is 1. The lowest BCUT2D eigenvalue weighted by Gasteiger charge is -2.30. The molecule has 2 rings (SSSR count). The van der Waals surface area contributed by atoms with Crippen molar-refractivity contribution < 1.29 is 9.53 Å². The Labute approximate surface area is 135 Å². The third kappa shape index (κ3) is 6.13. The highest BCUT2D eigenvalue weighted by atomic mass is 16.5. The molecule has 2 saturated heterocycles. The van der Waals surface area contributed by atoms with Gasteiger partial charge < -0.3 is 20.3 Å². The number of rotatable bonds is 7. The number of carbonyl (C=O) groups excluding carboxylic acids is 1. The van der Waals surface area contributed by atoms with Crippen molar-refractivity contribution in [1.82, 2.24) is 15.5 Å². The van der Waals surface area contributed by atoms with E-state index in [1.807, 2.05) is 6.92 Å². The van der Waals surface area contributed by atoms with Crippen LogP contribution < -0.4 is 10.6 Å². The lowest BCUT2D eigenvalue weighted by Crippen LogP contribution is -2.46. The monoisotopic (exact) mass is 311 g/mol. The van der Waals surface area contributed by atoms with Crippen LogP contribution in [0.1, 0.15) is 52.4 Å². The van der Waals surface area contributed by atoms with E-state index in [-0.39, 0.29) is 18.2 Å². The highest BCUT2D eigenvalue weighted by Crippen LogP contribution is 2.16. The van der Waals surface area contributed by atoms with Gasteiger partial charge in [-0.1, -0.05) is 6.92 Å². The normalized spacial score (nSPS) is 27.5. The number of carbonyl (C=O) groups is 1. The van der Waals surface area contributed by atoms with E-state index in [0.717, 1.165) is 44.8 Å². The van der Waals surface area contributed by atoms with Gasteiger partial charge in [-0.15, -0.1) is 0 Å². The zero-order valence-corrected chi connectivity index (χ0v) is 14.3. The Morgan fingerprint density at radius 1 is 1.32 bits per heavy atom. The van der Waals surface area contributed by atoms with Crippen LogP contribution in [0.3, 0.4) is 0 Å². The van der Waals surface area contributed by atoms with Crippen LogP contribution in [0.4, 0.5) is 4.79 Å². The van der Waals surface area contributed by atoms with Gasteiger partial charge in [-0.25, -0.2) is 4.79 Å². The molecular formula is C17H33N3O2. The summed E-state index contributed by atoms with van der Waals surface area (Å²) in [6, 6.07) is 0.0342. The molecule has 0 aliphatic carbocycles. The highest BCUT2D eigenvalue weighted by molar-refractivity contribution is 5.74. The van der Waals surface area contributed by atoms with Crippen molar-refractivity contribution in [3.8, 4) is 0 Å². The Bertz CT molecular complexity index is 332. The first-order chi connectivity index (χ1) is 10.6. The van der Waals surface area contributed by atoms with Gasteiger partial charge in [-0.2, -0.15) is 0 Å². The Hall–Kier alpha value is -0.810. The second-order valence-electron chi connectivity index (χ2n) is 7.00. The number of unbranched alkanes of at least 4 members (excludes halogenated alkanes) is 1. The SMILES string of the molecule is CC1CCCN(CCCCNC(=O)NC(C)C2CCCO2)C1.